The minimum Gasteiger partial charge on any atom is -0.399 e. The van der Waals surface area contributed by atoms with Crippen LogP contribution in [0.25, 0.3) is 55.6 Å². The molecule has 2 aliphatic carbocycles. The molecule has 9 heterocycles. The van der Waals surface area contributed by atoms with Crippen LogP contribution in [0.2, 0.25) is 0 Å². The SMILES string of the molecule is C.CCC(=O)N1CCn2c(C3CCC3)nc(-c3ccc4c(c3)c(-c3cnn(C)c3)nn4C)c2C1.CCC(=O)N1CCn2c(C3CCC3)nc(I)c2C1.Cn1cc(-c2nn(C)c3ccc(B4OC(C)(C)C(C)(C)O4)cc23)cn1. The lowest BCUT2D eigenvalue weighted by Gasteiger charge is -2.32. The van der Waals surface area contributed by atoms with Gasteiger partial charge in [-0.05, 0) is 99.6 Å². The van der Waals surface area contributed by atoms with Gasteiger partial charge in [-0.1, -0.05) is 52.3 Å². The van der Waals surface area contributed by atoms with E-state index >= 15 is 0 Å². The fraction of sp³-hybridized carbons (Fsp3) is 0.509. The summed E-state index contributed by atoms with van der Waals surface area (Å²) in [5.41, 5.74) is 10.8. The fourth-order valence-corrected chi connectivity index (χ4v) is 11.9. The van der Waals surface area contributed by atoms with Crippen LogP contribution in [0.1, 0.15) is 135 Å². The number of hydrogen-bond acceptors (Lipinski definition) is 10. The van der Waals surface area contributed by atoms with Crippen LogP contribution in [0.4, 0.5) is 0 Å². The molecule has 8 aromatic rings. The van der Waals surface area contributed by atoms with Gasteiger partial charge >= 0.3 is 7.12 Å². The number of carbonyl (C=O) groups is 2. The predicted molar refractivity (Wildman–Crippen MR) is 309 cm³/mol. The summed E-state index contributed by atoms with van der Waals surface area (Å²) >= 11 is 2.31. The van der Waals surface area contributed by atoms with Gasteiger partial charge in [0, 0.05) is 119 Å². The molecule has 0 unspecified atom stereocenters. The number of aromatic nitrogens is 12. The number of rotatable bonds is 8. The zero-order valence-electron chi connectivity index (χ0n) is 45.7. The van der Waals surface area contributed by atoms with E-state index < -0.39 is 0 Å². The van der Waals surface area contributed by atoms with Crippen molar-refractivity contribution >= 4 is 68.8 Å². The molecular weight excluding hydrogens is 1080 g/mol. The maximum Gasteiger partial charge on any atom is 0.494 e. The zero-order chi connectivity index (χ0) is 53.4. The first-order chi connectivity index (χ1) is 36.4. The minimum absolute atomic E-state index is 0. The lowest BCUT2D eigenvalue weighted by atomic mass is 9.78. The molecule has 5 aliphatic rings. The van der Waals surface area contributed by atoms with Crippen molar-refractivity contribution in [3.63, 3.8) is 0 Å². The Morgan fingerprint density at radius 1 is 0.636 bits per heavy atom. The van der Waals surface area contributed by atoms with Gasteiger partial charge in [0.1, 0.15) is 26.7 Å². The highest BCUT2D eigenvalue weighted by molar-refractivity contribution is 14.1. The van der Waals surface area contributed by atoms with Crippen molar-refractivity contribution < 1.29 is 18.9 Å². The number of nitrogens with zero attached hydrogens (tertiary/aromatic N) is 14. The third-order valence-corrected chi connectivity index (χ3v) is 17.6. The van der Waals surface area contributed by atoms with E-state index in [1.807, 2.05) is 86.0 Å². The first kappa shape index (κ1) is 54.2. The zero-order valence-corrected chi connectivity index (χ0v) is 47.8. The quantitative estimate of drug-likeness (QED) is 0.106. The van der Waals surface area contributed by atoms with Gasteiger partial charge in [0.05, 0.1) is 64.8 Å². The number of imidazole rings is 2. The molecule has 2 saturated carbocycles. The summed E-state index contributed by atoms with van der Waals surface area (Å²) in [4.78, 5) is 38.2. The maximum atomic E-state index is 12.5. The standard InChI is InChI=1S/C25H29N7O.C18H23BN4O2.C13H18IN3O.CH4/c1-4-22(33)31-10-11-32-21(15-31)24(27-25(32)16-6-5-7-16)17-8-9-20-19(12-17)23(28-30(20)3)18-13-26-29(2)14-18;1-17(2)18(3,4)25-19(24-17)13-7-8-15-14(9-13)16(21-23(15)6)12-10-20-22(5)11-12;1-2-11(18)16-6-7-17-10(8-16)12(14)15-13(17)9-4-3-5-9;/h8-9,12-14,16H,4-7,10-11,15H2,1-3H3;7-11H,1-6H3;9H,2-8H2,1H3;1H4. The normalized spacial score (nSPS) is 17.7. The number of fused-ring (bicyclic) bond motifs is 4. The van der Waals surface area contributed by atoms with Crippen LogP contribution >= 0.6 is 22.6 Å². The first-order valence-corrected chi connectivity index (χ1v) is 28.2. The summed E-state index contributed by atoms with van der Waals surface area (Å²) in [5.74, 6) is 4.14. The third kappa shape index (κ3) is 10.1. The number of amides is 2. The van der Waals surface area contributed by atoms with E-state index in [1.165, 1.54) is 55.9 Å². The average molecular weight is 1160 g/mol. The van der Waals surface area contributed by atoms with Gasteiger partial charge in [0.25, 0.3) is 0 Å². The molecule has 0 bridgehead atoms. The predicted octanol–water partition coefficient (Wildman–Crippen LogP) is 9.27. The molecule has 3 aliphatic heterocycles. The Labute approximate surface area is 465 Å². The maximum absolute atomic E-state index is 12.5. The number of benzene rings is 2. The summed E-state index contributed by atoms with van der Waals surface area (Å²) < 4.78 is 25.6. The van der Waals surface area contributed by atoms with E-state index in [2.05, 4.69) is 111 Å². The van der Waals surface area contributed by atoms with Crippen molar-refractivity contribution in [3.05, 3.63) is 87.9 Å². The van der Waals surface area contributed by atoms with E-state index in [9.17, 15) is 9.59 Å². The van der Waals surface area contributed by atoms with Gasteiger partial charge in [0.2, 0.25) is 11.8 Å². The van der Waals surface area contributed by atoms with Crippen molar-refractivity contribution in [2.45, 2.75) is 150 Å². The smallest absolute Gasteiger partial charge is 0.399 e. The molecule has 13 rings (SSSR count). The molecule has 6 aromatic heterocycles. The van der Waals surface area contributed by atoms with Crippen molar-refractivity contribution in [1.29, 1.82) is 0 Å². The van der Waals surface area contributed by atoms with Crippen molar-refractivity contribution in [1.82, 2.24) is 68.0 Å². The van der Waals surface area contributed by atoms with Crippen molar-refractivity contribution in [2.24, 2.45) is 28.2 Å². The highest BCUT2D eigenvalue weighted by atomic mass is 127. The average Bonchev–Trinajstić information content (AvgIpc) is 4.30. The van der Waals surface area contributed by atoms with Gasteiger partial charge in [-0.15, -0.1) is 0 Å². The summed E-state index contributed by atoms with van der Waals surface area (Å²) in [6.45, 7) is 16.9. The molecule has 20 heteroatoms. The minimum atomic E-state index is -0.378. The summed E-state index contributed by atoms with van der Waals surface area (Å²) in [6, 6.07) is 12.7. The summed E-state index contributed by atoms with van der Waals surface area (Å²) in [5, 5.41) is 20.2. The highest BCUT2D eigenvalue weighted by Crippen LogP contribution is 2.42. The number of aryl methyl sites for hydroxylation is 4. The Morgan fingerprint density at radius 3 is 1.60 bits per heavy atom. The molecule has 0 spiro atoms. The molecule has 77 heavy (non-hydrogen) atoms. The van der Waals surface area contributed by atoms with Crippen LogP contribution in [-0.2, 0) is 73.3 Å². The molecule has 18 nitrogen and oxygen atoms in total. The van der Waals surface area contributed by atoms with Crippen LogP contribution in [0.3, 0.4) is 0 Å². The molecule has 2 amide bonds. The van der Waals surface area contributed by atoms with Crippen molar-refractivity contribution in [3.8, 4) is 33.8 Å². The summed E-state index contributed by atoms with van der Waals surface area (Å²) in [7, 11) is 7.38. The second-order valence-electron chi connectivity index (χ2n) is 22.2. The molecule has 3 fully saturated rings. The van der Waals surface area contributed by atoms with E-state index in [4.69, 9.17) is 24.4 Å². The van der Waals surface area contributed by atoms with E-state index in [0.717, 1.165) is 103 Å². The first-order valence-electron chi connectivity index (χ1n) is 27.1. The van der Waals surface area contributed by atoms with Crippen molar-refractivity contribution in [2.75, 3.05) is 13.1 Å². The van der Waals surface area contributed by atoms with Gasteiger partial charge in [-0.25, -0.2) is 9.97 Å². The molecule has 0 atom stereocenters. The van der Waals surface area contributed by atoms with Gasteiger partial charge in [-0.3, -0.25) is 28.3 Å². The molecule has 0 radical (unpaired) electrons. The second kappa shape index (κ2) is 21.3. The Morgan fingerprint density at radius 2 is 1.12 bits per heavy atom. The van der Waals surface area contributed by atoms with Gasteiger partial charge < -0.3 is 28.2 Å². The van der Waals surface area contributed by atoms with Crippen LogP contribution < -0.4 is 5.46 Å². The lowest BCUT2D eigenvalue weighted by Crippen LogP contribution is -2.41. The van der Waals surface area contributed by atoms with Crippen LogP contribution in [0.5, 0.6) is 0 Å². The van der Waals surface area contributed by atoms with Crippen LogP contribution in [0, 0.1) is 3.70 Å². The Kier molecular flexibility index (Phi) is 15.0. The Balaban J connectivity index is 0.000000136. The molecular formula is C57H74BIN14O4. The lowest BCUT2D eigenvalue weighted by molar-refractivity contribution is -0.133. The number of halogens is 1. The highest BCUT2D eigenvalue weighted by Gasteiger charge is 2.52. The van der Waals surface area contributed by atoms with E-state index in [-0.39, 0.29) is 37.6 Å². The van der Waals surface area contributed by atoms with E-state index in [1.54, 1.807) is 9.36 Å². The molecule has 1 saturated heterocycles. The Hall–Kier alpha value is -6.13. The monoisotopic (exact) mass is 1160 g/mol. The number of hydrogen-bond donors (Lipinski definition) is 0. The summed E-state index contributed by atoms with van der Waals surface area (Å²) in [6.07, 6.45) is 16.4. The number of carbonyl (C=O) groups excluding carboxylic acids is 2. The van der Waals surface area contributed by atoms with E-state index in [0.29, 0.717) is 31.2 Å². The topological polar surface area (TPSA) is 166 Å². The fourth-order valence-electron chi connectivity index (χ4n) is 11.1. The third-order valence-electron chi connectivity index (χ3n) is 16.8. The second-order valence-corrected chi connectivity index (χ2v) is 23.2. The Bertz CT molecular complexity index is 3480. The van der Waals surface area contributed by atoms with Crippen LogP contribution in [0.15, 0.2) is 61.2 Å². The van der Waals surface area contributed by atoms with Gasteiger partial charge in [0.15, 0.2) is 0 Å². The van der Waals surface area contributed by atoms with Gasteiger partial charge in [-0.2, -0.15) is 20.4 Å². The molecule has 2 aromatic carbocycles. The largest absolute Gasteiger partial charge is 0.494 e. The van der Waals surface area contributed by atoms with Crippen LogP contribution in [-0.4, -0.2) is 111 Å². The molecule has 0 N–H and O–H groups in total. The molecule has 406 valence electrons.